The highest BCUT2D eigenvalue weighted by Gasteiger charge is 2.18. The van der Waals surface area contributed by atoms with E-state index in [1.807, 2.05) is 0 Å². The van der Waals surface area contributed by atoms with Crippen LogP contribution in [-0.2, 0) is 14.3 Å². The van der Waals surface area contributed by atoms with Crippen LogP contribution in [0.15, 0.2) is 34.3 Å². The number of carbonyl (C=O) groups excluding carboxylic acids is 2. The van der Waals surface area contributed by atoms with Gasteiger partial charge >= 0.3 is 11.9 Å². The molecule has 2 aromatic rings. The molecule has 0 saturated heterocycles. The van der Waals surface area contributed by atoms with Crippen molar-refractivity contribution in [3.63, 3.8) is 0 Å². The highest BCUT2D eigenvalue weighted by atomic mass is 16.5. The molecule has 0 aliphatic carbocycles. The molecule has 0 saturated carbocycles. The Hall–Kier alpha value is -3.07. The van der Waals surface area contributed by atoms with Crippen molar-refractivity contribution in [2.75, 3.05) is 6.61 Å². The summed E-state index contributed by atoms with van der Waals surface area (Å²) in [6.45, 7) is 3.04. The second-order valence-electron chi connectivity index (χ2n) is 4.28. The third kappa shape index (κ3) is 3.15. The molecule has 0 aliphatic rings. The van der Waals surface area contributed by atoms with Gasteiger partial charge < -0.3 is 13.9 Å². The van der Waals surface area contributed by atoms with E-state index < -0.39 is 11.9 Å². The molecule has 0 unspecified atom stereocenters. The second kappa shape index (κ2) is 6.59. The number of carbonyl (C=O) groups is 2. The Bertz CT molecular complexity index is 794. The van der Waals surface area contributed by atoms with Gasteiger partial charge in [0.25, 0.3) is 0 Å². The molecule has 1 aromatic carbocycles. The minimum absolute atomic E-state index is 0.112. The number of benzene rings is 1. The predicted octanol–water partition coefficient (Wildman–Crippen LogP) is 2.83. The summed E-state index contributed by atoms with van der Waals surface area (Å²) >= 11 is 0. The first-order valence-electron chi connectivity index (χ1n) is 6.55. The maximum atomic E-state index is 11.7. The summed E-state index contributed by atoms with van der Waals surface area (Å²) < 4.78 is 15.5. The lowest BCUT2D eigenvalue weighted by atomic mass is 10.2. The Kier molecular flexibility index (Phi) is 4.59. The molecule has 0 bridgehead atoms. The number of para-hydroxylation sites is 1. The van der Waals surface area contributed by atoms with Crippen LogP contribution < -0.4 is 4.74 Å². The average molecular weight is 299 g/mol. The van der Waals surface area contributed by atoms with Gasteiger partial charge in [-0.3, -0.25) is 4.79 Å². The van der Waals surface area contributed by atoms with Crippen molar-refractivity contribution in [2.24, 2.45) is 0 Å². The van der Waals surface area contributed by atoms with Gasteiger partial charge in [-0.1, -0.05) is 12.1 Å². The van der Waals surface area contributed by atoms with Gasteiger partial charge in [-0.05, 0) is 19.1 Å². The van der Waals surface area contributed by atoms with Crippen LogP contribution in [-0.4, -0.2) is 18.5 Å². The van der Waals surface area contributed by atoms with Crippen molar-refractivity contribution >= 4 is 29.0 Å². The zero-order valence-electron chi connectivity index (χ0n) is 12.1. The molecular formula is C16H13NO5. The molecule has 2 rings (SSSR count). The van der Waals surface area contributed by atoms with Gasteiger partial charge in [0.05, 0.1) is 12.0 Å². The van der Waals surface area contributed by atoms with E-state index in [1.54, 1.807) is 37.3 Å². The summed E-state index contributed by atoms with van der Waals surface area (Å²) in [7, 11) is 0. The van der Waals surface area contributed by atoms with E-state index in [2.05, 4.69) is 0 Å². The quantitative estimate of drug-likeness (QED) is 0.490. The van der Waals surface area contributed by atoms with E-state index in [0.29, 0.717) is 11.0 Å². The summed E-state index contributed by atoms with van der Waals surface area (Å²) in [5, 5.41) is 9.64. The molecule has 0 N–H and O–H groups in total. The van der Waals surface area contributed by atoms with Gasteiger partial charge in [0, 0.05) is 13.0 Å². The monoisotopic (exact) mass is 299 g/mol. The molecule has 0 aliphatic heterocycles. The number of esters is 2. The fourth-order valence-electron chi connectivity index (χ4n) is 1.86. The zero-order valence-corrected chi connectivity index (χ0v) is 12.1. The molecule has 0 spiro atoms. The number of hydrogen-bond acceptors (Lipinski definition) is 6. The maximum absolute atomic E-state index is 11.7. The predicted molar refractivity (Wildman–Crippen MR) is 77.7 cm³/mol. The Balaban J connectivity index is 2.56. The van der Waals surface area contributed by atoms with Crippen LogP contribution in [0.4, 0.5) is 0 Å². The summed E-state index contributed by atoms with van der Waals surface area (Å²) in [6, 6.07) is 8.67. The first-order valence-corrected chi connectivity index (χ1v) is 6.55. The largest absolute Gasteiger partial charge is 0.462 e. The van der Waals surface area contributed by atoms with E-state index in [1.165, 1.54) is 13.0 Å². The fraction of sp³-hybridized carbons (Fsp3) is 0.188. The fourth-order valence-corrected chi connectivity index (χ4v) is 1.86. The molecule has 1 heterocycles. The lowest BCUT2D eigenvalue weighted by Crippen LogP contribution is -2.06. The van der Waals surface area contributed by atoms with Gasteiger partial charge in [-0.15, -0.1) is 0 Å². The van der Waals surface area contributed by atoms with E-state index in [4.69, 9.17) is 19.2 Å². The smallest absolute Gasteiger partial charge is 0.349 e. The van der Waals surface area contributed by atoms with Crippen molar-refractivity contribution in [1.29, 1.82) is 5.26 Å². The third-order valence-electron chi connectivity index (χ3n) is 2.71. The molecule has 22 heavy (non-hydrogen) atoms. The van der Waals surface area contributed by atoms with Crippen molar-refractivity contribution in [3.8, 4) is 11.8 Å². The van der Waals surface area contributed by atoms with Gasteiger partial charge in [0.15, 0.2) is 11.5 Å². The van der Waals surface area contributed by atoms with Crippen LogP contribution in [0.2, 0.25) is 0 Å². The Morgan fingerprint density at radius 3 is 2.73 bits per heavy atom. The van der Waals surface area contributed by atoms with Gasteiger partial charge in [0.1, 0.15) is 17.2 Å². The number of hydrogen-bond donors (Lipinski definition) is 0. The second-order valence-corrected chi connectivity index (χ2v) is 4.28. The van der Waals surface area contributed by atoms with Crippen molar-refractivity contribution in [1.82, 2.24) is 0 Å². The SMILES string of the molecule is CCOC(=O)/C(C#N)=C/c1oc2ccccc2c1OC(C)=O. The number of nitriles is 1. The normalized spacial score (nSPS) is 11.0. The lowest BCUT2D eigenvalue weighted by molar-refractivity contribution is -0.138. The van der Waals surface area contributed by atoms with Crippen molar-refractivity contribution < 1.29 is 23.5 Å². The van der Waals surface area contributed by atoms with Gasteiger partial charge in [-0.25, -0.2) is 4.79 Å². The Labute approximate surface area is 126 Å². The van der Waals surface area contributed by atoms with Crippen LogP contribution in [0.3, 0.4) is 0 Å². The summed E-state index contributed by atoms with van der Waals surface area (Å²) in [4.78, 5) is 22.9. The molecule has 0 atom stereocenters. The number of rotatable bonds is 4. The van der Waals surface area contributed by atoms with Crippen molar-refractivity contribution in [3.05, 3.63) is 35.6 Å². The highest BCUT2D eigenvalue weighted by molar-refractivity contribution is 5.99. The number of furan rings is 1. The first-order chi connectivity index (χ1) is 10.6. The van der Waals surface area contributed by atoms with Crippen LogP contribution in [0.5, 0.6) is 5.75 Å². The molecule has 112 valence electrons. The van der Waals surface area contributed by atoms with Crippen LogP contribution in [0.25, 0.3) is 17.0 Å². The summed E-state index contributed by atoms with van der Waals surface area (Å²) in [5.41, 5.74) is 0.237. The lowest BCUT2D eigenvalue weighted by Gasteiger charge is -2.01. The first kappa shape index (κ1) is 15.3. The minimum Gasteiger partial charge on any atom is -0.462 e. The maximum Gasteiger partial charge on any atom is 0.349 e. The van der Waals surface area contributed by atoms with Crippen LogP contribution >= 0.6 is 0 Å². The van der Waals surface area contributed by atoms with Crippen LogP contribution in [0, 0.1) is 11.3 Å². The van der Waals surface area contributed by atoms with E-state index >= 15 is 0 Å². The Morgan fingerprint density at radius 2 is 2.09 bits per heavy atom. The molecule has 1 aromatic heterocycles. The van der Waals surface area contributed by atoms with Gasteiger partial charge in [0.2, 0.25) is 0 Å². The molecule has 6 heteroatoms. The van der Waals surface area contributed by atoms with Gasteiger partial charge in [-0.2, -0.15) is 5.26 Å². The van der Waals surface area contributed by atoms with E-state index in [9.17, 15) is 9.59 Å². The third-order valence-corrected chi connectivity index (χ3v) is 2.71. The standard InChI is InChI=1S/C16H13NO5/c1-3-20-16(19)11(9-17)8-14-15(21-10(2)18)12-6-4-5-7-13(12)22-14/h4-8H,3H2,1-2H3/b11-8+. The number of fused-ring (bicyclic) bond motifs is 1. The number of nitrogens with zero attached hydrogens (tertiary/aromatic N) is 1. The zero-order chi connectivity index (χ0) is 16.1. The number of ether oxygens (including phenoxy) is 2. The average Bonchev–Trinajstić information content (AvgIpc) is 2.82. The minimum atomic E-state index is -0.765. The topological polar surface area (TPSA) is 89.5 Å². The van der Waals surface area contributed by atoms with E-state index in [0.717, 1.165) is 0 Å². The van der Waals surface area contributed by atoms with Crippen LogP contribution in [0.1, 0.15) is 19.6 Å². The summed E-state index contributed by atoms with van der Waals surface area (Å²) in [5.74, 6) is -1.02. The van der Waals surface area contributed by atoms with Crippen molar-refractivity contribution in [2.45, 2.75) is 13.8 Å². The molecule has 6 nitrogen and oxygen atoms in total. The van der Waals surface area contributed by atoms with E-state index in [-0.39, 0.29) is 23.7 Å². The molecule has 0 amide bonds. The molecular weight excluding hydrogens is 286 g/mol. The Morgan fingerprint density at radius 1 is 1.36 bits per heavy atom. The molecule has 0 fully saturated rings. The summed E-state index contributed by atoms with van der Waals surface area (Å²) in [6.07, 6.45) is 1.20. The highest BCUT2D eigenvalue weighted by Crippen LogP contribution is 2.34. The molecule has 0 radical (unpaired) electrons.